The number of nitrogens with zero attached hydrogens (tertiary/aromatic N) is 2. The third-order valence-corrected chi connectivity index (χ3v) is 3.38. The topological polar surface area (TPSA) is 49.8 Å². The third-order valence-electron chi connectivity index (χ3n) is 2.69. The van der Waals surface area contributed by atoms with Crippen LogP contribution in [0.3, 0.4) is 0 Å². The van der Waals surface area contributed by atoms with E-state index in [0.29, 0.717) is 0 Å². The lowest BCUT2D eigenvalue weighted by Gasteiger charge is -2.10. The molecule has 1 heterocycles. The van der Waals surface area contributed by atoms with Gasteiger partial charge >= 0.3 is 0 Å². The van der Waals surface area contributed by atoms with E-state index in [1.54, 1.807) is 0 Å². The number of unbranched alkanes of at least 4 members (excludes halogenated alkanes) is 1. The molecular weight excluding hydrogens is 256 g/mol. The van der Waals surface area contributed by atoms with Crippen molar-refractivity contribution in [1.82, 2.24) is 9.97 Å². The molecule has 0 spiro atoms. The van der Waals surface area contributed by atoms with Crippen LogP contribution in [0.15, 0.2) is 6.07 Å². The zero-order valence-electron chi connectivity index (χ0n) is 12.3. The van der Waals surface area contributed by atoms with E-state index in [9.17, 15) is 0 Å². The van der Waals surface area contributed by atoms with Crippen molar-refractivity contribution >= 4 is 23.4 Å². The van der Waals surface area contributed by atoms with Gasteiger partial charge < -0.3 is 10.6 Å². The summed E-state index contributed by atoms with van der Waals surface area (Å²) in [6.07, 6.45) is 6.59. The van der Waals surface area contributed by atoms with Crippen LogP contribution >= 0.6 is 11.8 Å². The fraction of sp³-hybridized carbons (Fsp3) is 0.714. The number of aryl methyl sites for hydroxylation is 1. The highest BCUT2D eigenvalue weighted by atomic mass is 32.2. The molecular formula is C14H26N4S. The molecule has 0 radical (unpaired) electrons. The van der Waals surface area contributed by atoms with E-state index in [1.165, 1.54) is 18.6 Å². The largest absolute Gasteiger partial charge is 0.370 e. The summed E-state index contributed by atoms with van der Waals surface area (Å²) < 4.78 is 0. The number of rotatable bonds is 10. The van der Waals surface area contributed by atoms with E-state index in [4.69, 9.17) is 0 Å². The Labute approximate surface area is 121 Å². The Kier molecular flexibility index (Phi) is 8.38. The molecule has 1 aromatic heterocycles. The van der Waals surface area contributed by atoms with Crippen molar-refractivity contribution in [2.24, 2.45) is 0 Å². The van der Waals surface area contributed by atoms with Crippen molar-refractivity contribution in [3.05, 3.63) is 11.9 Å². The van der Waals surface area contributed by atoms with Gasteiger partial charge in [-0.2, -0.15) is 11.8 Å². The molecule has 0 aliphatic carbocycles. The first-order valence-corrected chi connectivity index (χ1v) is 8.54. The summed E-state index contributed by atoms with van der Waals surface area (Å²) in [7, 11) is 0. The molecule has 0 aliphatic rings. The predicted molar refractivity (Wildman–Crippen MR) is 86.3 cm³/mol. The zero-order valence-corrected chi connectivity index (χ0v) is 13.1. The fourth-order valence-corrected chi connectivity index (χ4v) is 2.28. The summed E-state index contributed by atoms with van der Waals surface area (Å²) >= 11 is 1.90. The van der Waals surface area contributed by atoms with Crippen LogP contribution < -0.4 is 10.6 Å². The Morgan fingerprint density at radius 3 is 2.47 bits per heavy atom. The van der Waals surface area contributed by atoms with Gasteiger partial charge in [-0.05, 0) is 38.2 Å². The summed E-state index contributed by atoms with van der Waals surface area (Å²) in [6, 6.07) is 2.00. The van der Waals surface area contributed by atoms with E-state index in [-0.39, 0.29) is 0 Å². The van der Waals surface area contributed by atoms with Crippen molar-refractivity contribution in [3.63, 3.8) is 0 Å². The van der Waals surface area contributed by atoms with Crippen LogP contribution in [0.2, 0.25) is 0 Å². The first kappa shape index (κ1) is 16.1. The Morgan fingerprint density at radius 2 is 1.84 bits per heavy atom. The minimum absolute atomic E-state index is 0.885. The van der Waals surface area contributed by atoms with Crippen LogP contribution in [0.1, 0.15) is 38.9 Å². The van der Waals surface area contributed by atoms with Crippen molar-refractivity contribution in [2.75, 3.05) is 35.7 Å². The average molecular weight is 282 g/mol. The SMILES string of the molecule is CCCc1nc(NCC)cc(NCCCCSC)n1. The molecule has 0 bridgehead atoms. The quantitative estimate of drug-likeness (QED) is 0.644. The molecule has 4 nitrogen and oxygen atoms in total. The molecule has 5 heteroatoms. The summed E-state index contributed by atoms with van der Waals surface area (Å²) in [4.78, 5) is 9.06. The van der Waals surface area contributed by atoms with Crippen LogP contribution in [-0.4, -0.2) is 35.1 Å². The number of hydrogen-bond donors (Lipinski definition) is 2. The Hall–Kier alpha value is -0.970. The van der Waals surface area contributed by atoms with Gasteiger partial charge in [-0.1, -0.05) is 6.92 Å². The van der Waals surface area contributed by atoms with Gasteiger partial charge in [0.1, 0.15) is 17.5 Å². The Bertz CT molecular complexity index is 333. The molecule has 0 aliphatic heterocycles. The molecule has 0 atom stereocenters. The minimum atomic E-state index is 0.885. The molecule has 0 saturated carbocycles. The zero-order chi connectivity index (χ0) is 13.9. The van der Waals surface area contributed by atoms with Crippen LogP contribution in [-0.2, 0) is 6.42 Å². The van der Waals surface area contributed by atoms with E-state index in [1.807, 2.05) is 17.8 Å². The number of nitrogens with one attached hydrogen (secondary N) is 2. The summed E-state index contributed by atoms with van der Waals surface area (Å²) in [5.74, 6) is 4.02. The molecule has 1 aromatic rings. The fourth-order valence-electron chi connectivity index (χ4n) is 1.78. The molecule has 2 N–H and O–H groups in total. The maximum atomic E-state index is 4.56. The highest BCUT2D eigenvalue weighted by Crippen LogP contribution is 2.12. The Balaban J connectivity index is 2.54. The van der Waals surface area contributed by atoms with Gasteiger partial charge in [0.05, 0.1) is 0 Å². The lowest BCUT2D eigenvalue weighted by molar-refractivity contribution is 0.817. The summed E-state index contributed by atoms with van der Waals surface area (Å²) in [5, 5.41) is 6.66. The normalized spacial score (nSPS) is 10.5. The summed E-state index contributed by atoms with van der Waals surface area (Å²) in [6.45, 7) is 6.10. The van der Waals surface area contributed by atoms with Gasteiger partial charge in [-0.3, -0.25) is 0 Å². The van der Waals surface area contributed by atoms with E-state index in [2.05, 4.69) is 40.7 Å². The van der Waals surface area contributed by atoms with Gasteiger partial charge in [0.25, 0.3) is 0 Å². The van der Waals surface area contributed by atoms with Crippen molar-refractivity contribution in [1.29, 1.82) is 0 Å². The van der Waals surface area contributed by atoms with Crippen LogP contribution in [0.5, 0.6) is 0 Å². The average Bonchev–Trinajstić information content (AvgIpc) is 2.39. The molecule has 0 fully saturated rings. The number of hydrogen-bond acceptors (Lipinski definition) is 5. The van der Waals surface area contributed by atoms with E-state index >= 15 is 0 Å². The first-order chi connectivity index (χ1) is 9.30. The van der Waals surface area contributed by atoms with Gasteiger partial charge in [0.15, 0.2) is 0 Å². The van der Waals surface area contributed by atoms with Gasteiger partial charge in [0.2, 0.25) is 0 Å². The Morgan fingerprint density at radius 1 is 1.11 bits per heavy atom. The molecule has 0 unspecified atom stereocenters. The van der Waals surface area contributed by atoms with Gasteiger partial charge in [-0.25, -0.2) is 9.97 Å². The van der Waals surface area contributed by atoms with Crippen LogP contribution in [0.4, 0.5) is 11.6 Å². The van der Waals surface area contributed by atoms with Crippen LogP contribution in [0, 0.1) is 0 Å². The van der Waals surface area contributed by atoms with Crippen molar-refractivity contribution in [2.45, 2.75) is 39.5 Å². The first-order valence-electron chi connectivity index (χ1n) is 7.14. The van der Waals surface area contributed by atoms with Gasteiger partial charge in [0, 0.05) is 25.6 Å². The number of anilines is 2. The smallest absolute Gasteiger partial charge is 0.133 e. The van der Waals surface area contributed by atoms with E-state index in [0.717, 1.165) is 43.4 Å². The maximum Gasteiger partial charge on any atom is 0.133 e. The third kappa shape index (κ3) is 6.66. The van der Waals surface area contributed by atoms with E-state index < -0.39 is 0 Å². The standard InChI is InChI=1S/C14H26N4S/c1-4-8-12-17-13(15-5-2)11-14(18-12)16-9-6-7-10-19-3/h11H,4-10H2,1-3H3,(H2,15,16,17,18). The molecule has 0 aromatic carbocycles. The van der Waals surface area contributed by atoms with Crippen molar-refractivity contribution < 1.29 is 0 Å². The molecule has 108 valence electrons. The maximum absolute atomic E-state index is 4.56. The monoisotopic (exact) mass is 282 g/mol. The lowest BCUT2D eigenvalue weighted by atomic mass is 10.3. The predicted octanol–water partition coefficient (Wildman–Crippen LogP) is 3.42. The molecule has 1 rings (SSSR count). The highest BCUT2D eigenvalue weighted by molar-refractivity contribution is 7.98. The molecule has 0 amide bonds. The number of aromatic nitrogens is 2. The molecule has 19 heavy (non-hydrogen) atoms. The second-order valence-corrected chi connectivity index (χ2v) is 5.45. The minimum Gasteiger partial charge on any atom is -0.370 e. The van der Waals surface area contributed by atoms with Crippen molar-refractivity contribution in [3.8, 4) is 0 Å². The second kappa shape index (κ2) is 9.89. The van der Waals surface area contributed by atoms with Crippen LogP contribution in [0.25, 0.3) is 0 Å². The highest BCUT2D eigenvalue weighted by Gasteiger charge is 2.03. The molecule has 0 saturated heterocycles. The number of thioether (sulfide) groups is 1. The second-order valence-electron chi connectivity index (χ2n) is 4.46. The lowest BCUT2D eigenvalue weighted by Crippen LogP contribution is -2.09. The van der Waals surface area contributed by atoms with Gasteiger partial charge in [-0.15, -0.1) is 0 Å². The summed E-state index contributed by atoms with van der Waals surface area (Å²) in [5.41, 5.74) is 0.